The van der Waals surface area contributed by atoms with Crippen LogP contribution in [0.4, 0.5) is 0 Å². The Labute approximate surface area is 89.8 Å². The molecule has 0 bridgehead atoms. The van der Waals surface area contributed by atoms with Gasteiger partial charge in [-0.25, -0.2) is 0 Å². The Hall–Kier alpha value is -0.610. The van der Waals surface area contributed by atoms with Crippen molar-refractivity contribution >= 4 is 5.91 Å². The molecular weight excluding hydrogens is 192 g/mol. The number of likely N-dealkylation sites (tertiary alicyclic amines) is 2. The molecule has 2 aliphatic heterocycles. The molecule has 3 aliphatic rings. The molecule has 3 fully saturated rings. The van der Waals surface area contributed by atoms with Gasteiger partial charge in [0.2, 0.25) is 5.91 Å². The largest absolute Gasteiger partial charge is 0.392 e. The van der Waals surface area contributed by atoms with Crippen LogP contribution in [0, 0.1) is 0 Å². The molecule has 15 heavy (non-hydrogen) atoms. The lowest BCUT2D eigenvalue weighted by molar-refractivity contribution is -0.132. The van der Waals surface area contributed by atoms with Crippen LogP contribution in [0.5, 0.6) is 0 Å². The van der Waals surface area contributed by atoms with Crippen molar-refractivity contribution in [3.8, 4) is 0 Å². The van der Waals surface area contributed by atoms with Crippen molar-refractivity contribution in [3.63, 3.8) is 0 Å². The SMILES string of the molecule is O=C1C(N2CC[C@@H](O)C2)CCN1C1CC1. The van der Waals surface area contributed by atoms with E-state index in [1.807, 2.05) is 0 Å². The molecule has 0 aromatic rings. The van der Waals surface area contributed by atoms with E-state index >= 15 is 0 Å². The standard InChI is InChI=1S/C11H18N2O2/c14-9-3-5-12(7-9)10-4-6-13(11(10)15)8-1-2-8/h8-10,14H,1-7H2/t9-,10?/m1/s1. The van der Waals surface area contributed by atoms with E-state index in [1.54, 1.807) is 0 Å². The molecule has 1 aliphatic carbocycles. The minimum absolute atomic E-state index is 0.0720. The average molecular weight is 210 g/mol. The van der Waals surface area contributed by atoms with Crippen LogP contribution in [-0.2, 0) is 4.79 Å². The first-order chi connectivity index (χ1) is 7.25. The third-order valence-corrected chi connectivity index (χ3v) is 3.83. The highest BCUT2D eigenvalue weighted by atomic mass is 16.3. The van der Waals surface area contributed by atoms with E-state index in [2.05, 4.69) is 9.80 Å². The number of aliphatic hydroxyl groups is 1. The average Bonchev–Trinajstić information content (AvgIpc) is 2.86. The minimum Gasteiger partial charge on any atom is -0.392 e. The molecule has 0 aromatic carbocycles. The summed E-state index contributed by atoms with van der Waals surface area (Å²) in [6.45, 7) is 2.51. The first-order valence-corrected chi connectivity index (χ1v) is 5.98. The number of aliphatic hydroxyl groups excluding tert-OH is 1. The molecule has 1 unspecified atom stereocenters. The molecule has 2 atom stereocenters. The predicted octanol–water partition coefficient (Wildman–Crippen LogP) is -0.184. The van der Waals surface area contributed by atoms with Gasteiger partial charge in [0.15, 0.2) is 0 Å². The number of rotatable bonds is 2. The summed E-state index contributed by atoms with van der Waals surface area (Å²) in [6, 6.07) is 0.623. The number of hydrogen-bond acceptors (Lipinski definition) is 3. The Morgan fingerprint density at radius 3 is 2.53 bits per heavy atom. The molecule has 0 aromatic heterocycles. The van der Waals surface area contributed by atoms with Crippen LogP contribution in [-0.4, -0.2) is 58.6 Å². The van der Waals surface area contributed by atoms with Crippen LogP contribution in [0.2, 0.25) is 0 Å². The van der Waals surface area contributed by atoms with Gasteiger partial charge in [-0.3, -0.25) is 9.69 Å². The molecular formula is C11H18N2O2. The molecule has 2 saturated heterocycles. The van der Waals surface area contributed by atoms with Gasteiger partial charge in [0.1, 0.15) is 0 Å². The van der Waals surface area contributed by atoms with Gasteiger partial charge in [-0.2, -0.15) is 0 Å². The van der Waals surface area contributed by atoms with Crippen molar-refractivity contribution < 1.29 is 9.90 Å². The fraction of sp³-hybridized carbons (Fsp3) is 0.909. The summed E-state index contributed by atoms with van der Waals surface area (Å²) in [4.78, 5) is 16.3. The van der Waals surface area contributed by atoms with Crippen molar-refractivity contribution in [2.24, 2.45) is 0 Å². The molecule has 0 spiro atoms. The molecule has 4 nitrogen and oxygen atoms in total. The number of carbonyl (C=O) groups excluding carboxylic acids is 1. The lowest BCUT2D eigenvalue weighted by atomic mass is 10.2. The smallest absolute Gasteiger partial charge is 0.240 e. The Morgan fingerprint density at radius 1 is 1.13 bits per heavy atom. The first-order valence-electron chi connectivity index (χ1n) is 5.98. The van der Waals surface area contributed by atoms with Gasteiger partial charge in [0, 0.05) is 25.7 Å². The van der Waals surface area contributed by atoms with Gasteiger partial charge in [-0.15, -0.1) is 0 Å². The molecule has 3 rings (SSSR count). The zero-order valence-electron chi connectivity index (χ0n) is 8.93. The van der Waals surface area contributed by atoms with E-state index in [4.69, 9.17) is 0 Å². The van der Waals surface area contributed by atoms with Crippen LogP contribution >= 0.6 is 0 Å². The van der Waals surface area contributed by atoms with Gasteiger partial charge in [0.25, 0.3) is 0 Å². The fourth-order valence-electron chi connectivity index (χ4n) is 2.83. The number of amides is 1. The van der Waals surface area contributed by atoms with Crippen molar-refractivity contribution in [2.75, 3.05) is 19.6 Å². The Balaban J connectivity index is 1.65. The number of nitrogens with zero attached hydrogens (tertiary/aromatic N) is 2. The number of hydrogen-bond donors (Lipinski definition) is 1. The summed E-state index contributed by atoms with van der Waals surface area (Å²) in [5.41, 5.74) is 0. The molecule has 84 valence electrons. The summed E-state index contributed by atoms with van der Waals surface area (Å²) in [5, 5.41) is 9.47. The molecule has 1 amide bonds. The lowest BCUT2D eigenvalue weighted by Crippen LogP contribution is -2.41. The summed E-state index contributed by atoms with van der Waals surface area (Å²) in [7, 11) is 0. The highest BCUT2D eigenvalue weighted by Crippen LogP contribution is 2.32. The van der Waals surface area contributed by atoms with Crippen LogP contribution < -0.4 is 0 Å². The summed E-state index contributed by atoms with van der Waals surface area (Å²) >= 11 is 0. The topological polar surface area (TPSA) is 43.8 Å². The van der Waals surface area contributed by atoms with Gasteiger partial charge in [-0.05, 0) is 25.7 Å². The highest BCUT2D eigenvalue weighted by Gasteiger charge is 2.43. The second-order valence-electron chi connectivity index (χ2n) is 5.00. The first kappa shape index (κ1) is 9.60. The zero-order valence-corrected chi connectivity index (χ0v) is 8.93. The summed E-state index contributed by atoms with van der Waals surface area (Å²) in [6.07, 6.45) is 3.96. The maximum absolute atomic E-state index is 12.1. The highest BCUT2D eigenvalue weighted by molar-refractivity contribution is 5.84. The van der Waals surface area contributed by atoms with E-state index in [0.717, 1.165) is 25.9 Å². The minimum atomic E-state index is -0.215. The zero-order chi connectivity index (χ0) is 10.4. The van der Waals surface area contributed by atoms with Crippen LogP contribution in [0.3, 0.4) is 0 Å². The van der Waals surface area contributed by atoms with Crippen LogP contribution in [0.15, 0.2) is 0 Å². The molecule has 1 N–H and O–H groups in total. The fourth-order valence-corrected chi connectivity index (χ4v) is 2.83. The monoisotopic (exact) mass is 210 g/mol. The number of carbonyl (C=O) groups is 1. The predicted molar refractivity (Wildman–Crippen MR) is 55.3 cm³/mol. The van der Waals surface area contributed by atoms with Gasteiger partial charge in [0.05, 0.1) is 12.1 Å². The van der Waals surface area contributed by atoms with Crippen molar-refractivity contribution in [1.82, 2.24) is 9.80 Å². The maximum Gasteiger partial charge on any atom is 0.240 e. The Morgan fingerprint density at radius 2 is 1.93 bits per heavy atom. The summed E-state index contributed by atoms with van der Waals surface area (Å²) < 4.78 is 0. The second-order valence-corrected chi connectivity index (χ2v) is 5.00. The molecule has 2 heterocycles. The van der Waals surface area contributed by atoms with E-state index in [9.17, 15) is 9.90 Å². The van der Waals surface area contributed by atoms with Crippen molar-refractivity contribution in [2.45, 2.75) is 43.9 Å². The van der Waals surface area contributed by atoms with E-state index in [-0.39, 0.29) is 12.1 Å². The molecule has 4 heteroatoms. The van der Waals surface area contributed by atoms with Gasteiger partial charge in [-0.1, -0.05) is 0 Å². The van der Waals surface area contributed by atoms with E-state index in [1.165, 1.54) is 12.8 Å². The number of β-amino-alcohol motifs (C(OH)–C–C–N with tert-alkyl or cyclic N) is 1. The van der Waals surface area contributed by atoms with Crippen molar-refractivity contribution in [1.29, 1.82) is 0 Å². The van der Waals surface area contributed by atoms with Gasteiger partial charge >= 0.3 is 0 Å². The normalized spacial score (nSPS) is 37.9. The van der Waals surface area contributed by atoms with Crippen LogP contribution in [0.25, 0.3) is 0 Å². The quantitative estimate of drug-likeness (QED) is 0.687. The summed E-state index contributed by atoms with van der Waals surface area (Å²) in [5.74, 6) is 0.312. The van der Waals surface area contributed by atoms with Crippen LogP contribution in [0.1, 0.15) is 25.7 Å². The Bertz CT molecular complexity index is 278. The maximum atomic E-state index is 12.1. The van der Waals surface area contributed by atoms with Crippen molar-refractivity contribution in [3.05, 3.63) is 0 Å². The Kier molecular flexibility index (Phi) is 2.21. The second kappa shape index (κ2) is 3.46. The van der Waals surface area contributed by atoms with E-state index in [0.29, 0.717) is 18.5 Å². The third kappa shape index (κ3) is 1.66. The third-order valence-electron chi connectivity index (χ3n) is 3.83. The van der Waals surface area contributed by atoms with Gasteiger partial charge < -0.3 is 10.0 Å². The lowest BCUT2D eigenvalue weighted by Gasteiger charge is -2.22. The molecule has 0 radical (unpaired) electrons. The molecule has 1 saturated carbocycles. The van der Waals surface area contributed by atoms with E-state index < -0.39 is 0 Å².